The molecule has 2 aromatic rings. The molecule has 2 rings (SSSR count). The summed E-state index contributed by atoms with van der Waals surface area (Å²) in [7, 11) is 0. The molecule has 0 bridgehead atoms. The number of benzene rings is 1. The molecule has 0 spiro atoms. The first-order valence-corrected chi connectivity index (χ1v) is 5.10. The van der Waals surface area contributed by atoms with Crippen LogP contribution in [0.25, 0.3) is 11.8 Å². The van der Waals surface area contributed by atoms with Crippen molar-refractivity contribution in [3.63, 3.8) is 0 Å². The Morgan fingerprint density at radius 2 is 2.28 bits per heavy atom. The number of tetrazole rings is 1. The maximum Gasteiger partial charge on any atom is 0.328 e. The number of hydrogen-bond donors (Lipinski definition) is 1. The summed E-state index contributed by atoms with van der Waals surface area (Å²) in [4.78, 5) is 10.4. The van der Waals surface area contributed by atoms with E-state index in [1.165, 1.54) is 29.0 Å². The number of rotatable bonds is 3. The lowest BCUT2D eigenvalue weighted by molar-refractivity contribution is -0.131. The van der Waals surface area contributed by atoms with Crippen molar-refractivity contribution in [3.05, 3.63) is 40.9 Å². The summed E-state index contributed by atoms with van der Waals surface area (Å²) in [5.74, 6) is -1.49. The zero-order chi connectivity index (χ0) is 13.1. The molecule has 0 atom stereocenters. The second kappa shape index (κ2) is 4.92. The molecule has 0 saturated heterocycles. The van der Waals surface area contributed by atoms with Crippen LogP contribution in [0.3, 0.4) is 0 Å². The lowest BCUT2D eigenvalue weighted by atomic mass is 10.3. The predicted molar refractivity (Wildman–Crippen MR) is 60.8 cm³/mol. The topological polar surface area (TPSA) is 80.9 Å². The number of hydrogen-bond acceptors (Lipinski definition) is 4. The fraction of sp³-hybridized carbons (Fsp3) is 0. The van der Waals surface area contributed by atoms with Crippen LogP contribution < -0.4 is 0 Å². The van der Waals surface area contributed by atoms with Gasteiger partial charge in [-0.3, -0.25) is 0 Å². The number of nitrogens with zero attached hydrogens (tertiary/aromatic N) is 4. The van der Waals surface area contributed by atoms with Gasteiger partial charge in [0.1, 0.15) is 5.82 Å². The highest BCUT2D eigenvalue weighted by Crippen LogP contribution is 2.19. The zero-order valence-corrected chi connectivity index (χ0v) is 9.54. The van der Waals surface area contributed by atoms with Gasteiger partial charge >= 0.3 is 5.97 Å². The molecule has 0 fully saturated rings. The van der Waals surface area contributed by atoms with E-state index in [-0.39, 0.29) is 10.8 Å². The van der Waals surface area contributed by atoms with Gasteiger partial charge in [0.25, 0.3) is 0 Å². The number of halogens is 2. The van der Waals surface area contributed by atoms with Crippen molar-refractivity contribution in [1.29, 1.82) is 0 Å². The molecular weight excluding hydrogens is 263 g/mol. The van der Waals surface area contributed by atoms with E-state index < -0.39 is 11.8 Å². The summed E-state index contributed by atoms with van der Waals surface area (Å²) in [6.45, 7) is 0. The van der Waals surface area contributed by atoms with E-state index >= 15 is 0 Å². The first kappa shape index (κ1) is 12.2. The van der Waals surface area contributed by atoms with E-state index in [9.17, 15) is 9.18 Å². The van der Waals surface area contributed by atoms with Crippen molar-refractivity contribution in [2.45, 2.75) is 0 Å². The zero-order valence-electron chi connectivity index (χ0n) is 8.79. The lowest BCUT2D eigenvalue weighted by Gasteiger charge is -2.02. The normalized spacial score (nSPS) is 11.0. The second-order valence-electron chi connectivity index (χ2n) is 3.22. The van der Waals surface area contributed by atoms with Crippen molar-refractivity contribution in [2.75, 3.05) is 0 Å². The molecule has 0 amide bonds. The monoisotopic (exact) mass is 268 g/mol. The van der Waals surface area contributed by atoms with Gasteiger partial charge in [-0.2, -0.15) is 4.68 Å². The third kappa shape index (κ3) is 2.51. The Bertz CT molecular complexity index is 626. The largest absolute Gasteiger partial charge is 0.478 e. The van der Waals surface area contributed by atoms with Gasteiger partial charge in [-0.15, -0.1) is 5.10 Å². The Kier molecular flexibility index (Phi) is 3.33. The van der Waals surface area contributed by atoms with Crippen molar-refractivity contribution in [3.8, 4) is 5.69 Å². The standard InChI is InChI=1S/C10H6ClFN4O2/c11-7-5-6(1-2-8(7)12)16-9(13-14-15-16)3-4-10(17)18/h1-5H,(H,17,18)/b4-3+. The van der Waals surface area contributed by atoms with Gasteiger partial charge in [0, 0.05) is 6.08 Å². The molecule has 18 heavy (non-hydrogen) atoms. The maximum atomic E-state index is 13.0. The SMILES string of the molecule is O=C(O)/C=C/c1nnnn1-c1ccc(F)c(Cl)c1. The van der Waals surface area contributed by atoms with Crippen molar-refractivity contribution in [2.24, 2.45) is 0 Å². The smallest absolute Gasteiger partial charge is 0.328 e. The summed E-state index contributed by atoms with van der Waals surface area (Å²) in [6.07, 6.45) is 2.12. The first-order chi connectivity index (χ1) is 8.58. The Hall–Kier alpha value is -2.28. The van der Waals surface area contributed by atoms with Gasteiger partial charge in [-0.05, 0) is 34.7 Å². The third-order valence-corrected chi connectivity index (χ3v) is 2.31. The van der Waals surface area contributed by atoms with Crippen molar-refractivity contribution < 1.29 is 14.3 Å². The van der Waals surface area contributed by atoms with Crippen LogP contribution in [0, 0.1) is 5.82 Å². The Morgan fingerprint density at radius 1 is 1.50 bits per heavy atom. The first-order valence-electron chi connectivity index (χ1n) is 4.73. The highest BCUT2D eigenvalue weighted by molar-refractivity contribution is 6.30. The van der Waals surface area contributed by atoms with Crippen LogP contribution in [0.5, 0.6) is 0 Å². The maximum absolute atomic E-state index is 13.0. The molecule has 1 N–H and O–H groups in total. The molecular formula is C10H6ClFN4O2. The molecule has 0 saturated carbocycles. The van der Waals surface area contributed by atoms with Gasteiger partial charge < -0.3 is 5.11 Å². The minimum Gasteiger partial charge on any atom is -0.478 e. The highest BCUT2D eigenvalue weighted by Gasteiger charge is 2.08. The summed E-state index contributed by atoms with van der Waals surface area (Å²) in [6, 6.07) is 3.94. The molecule has 1 aromatic carbocycles. The van der Waals surface area contributed by atoms with Crippen molar-refractivity contribution in [1.82, 2.24) is 20.2 Å². The van der Waals surface area contributed by atoms with Gasteiger partial charge in [0.2, 0.25) is 0 Å². The lowest BCUT2D eigenvalue weighted by Crippen LogP contribution is -2.00. The van der Waals surface area contributed by atoms with Crippen LogP contribution in [-0.2, 0) is 4.79 Å². The van der Waals surface area contributed by atoms with Crippen LogP contribution in [0.1, 0.15) is 5.82 Å². The predicted octanol–water partition coefficient (Wildman–Crippen LogP) is 1.55. The number of carboxylic acid groups (broad SMARTS) is 1. The van der Waals surface area contributed by atoms with E-state index in [2.05, 4.69) is 15.5 Å². The fourth-order valence-electron chi connectivity index (χ4n) is 1.24. The van der Waals surface area contributed by atoms with Crippen LogP contribution in [0.15, 0.2) is 24.3 Å². The fourth-order valence-corrected chi connectivity index (χ4v) is 1.42. The Labute approximate surface area is 105 Å². The van der Waals surface area contributed by atoms with Gasteiger partial charge in [-0.25, -0.2) is 9.18 Å². The summed E-state index contributed by atoms with van der Waals surface area (Å²) in [5, 5.41) is 19.2. The average molecular weight is 269 g/mol. The van der Waals surface area contributed by atoms with Crippen LogP contribution in [0.4, 0.5) is 4.39 Å². The summed E-state index contributed by atoms with van der Waals surface area (Å²) < 4.78 is 14.3. The number of carbonyl (C=O) groups is 1. The van der Waals surface area contributed by atoms with E-state index in [0.29, 0.717) is 5.69 Å². The highest BCUT2D eigenvalue weighted by atomic mass is 35.5. The molecule has 0 radical (unpaired) electrons. The second-order valence-corrected chi connectivity index (χ2v) is 3.63. The number of carboxylic acids is 1. The summed E-state index contributed by atoms with van der Waals surface area (Å²) >= 11 is 5.64. The number of aromatic nitrogens is 4. The molecule has 0 unspecified atom stereocenters. The van der Waals surface area contributed by atoms with Crippen LogP contribution in [-0.4, -0.2) is 31.3 Å². The molecule has 0 aliphatic carbocycles. The minimum atomic E-state index is -1.12. The molecule has 0 aliphatic rings. The van der Waals surface area contributed by atoms with Gasteiger partial charge in [-0.1, -0.05) is 11.6 Å². The van der Waals surface area contributed by atoms with Gasteiger partial charge in [0.05, 0.1) is 10.7 Å². The minimum absolute atomic E-state index is 0.0730. The molecule has 1 heterocycles. The molecule has 8 heteroatoms. The quantitative estimate of drug-likeness (QED) is 0.854. The van der Waals surface area contributed by atoms with E-state index in [4.69, 9.17) is 16.7 Å². The average Bonchev–Trinajstić information content (AvgIpc) is 2.78. The molecule has 0 aliphatic heterocycles. The van der Waals surface area contributed by atoms with E-state index in [0.717, 1.165) is 6.08 Å². The van der Waals surface area contributed by atoms with Crippen molar-refractivity contribution >= 4 is 23.6 Å². The van der Waals surface area contributed by atoms with Crippen LogP contribution in [0.2, 0.25) is 5.02 Å². The Morgan fingerprint density at radius 3 is 2.94 bits per heavy atom. The molecule has 1 aromatic heterocycles. The summed E-state index contributed by atoms with van der Waals surface area (Å²) in [5.41, 5.74) is 0.427. The Balaban J connectivity index is 2.42. The number of aliphatic carboxylic acids is 1. The molecule has 92 valence electrons. The van der Waals surface area contributed by atoms with E-state index in [1.807, 2.05) is 0 Å². The van der Waals surface area contributed by atoms with Crippen LogP contribution >= 0.6 is 11.6 Å². The van der Waals surface area contributed by atoms with Gasteiger partial charge in [0.15, 0.2) is 5.82 Å². The van der Waals surface area contributed by atoms with E-state index in [1.54, 1.807) is 0 Å². The molecule has 6 nitrogen and oxygen atoms in total. The third-order valence-electron chi connectivity index (χ3n) is 2.02.